The second-order valence-electron chi connectivity index (χ2n) is 7.27. The summed E-state index contributed by atoms with van der Waals surface area (Å²) < 4.78 is 1.96. The van der Waals surface area contributed by atoms with Gasteiger partial charge in [-0.25, -0.2) is 0 Å². The molecule has 0 unspecified atom stereocenters. The van der Waals surface area contributed by atoms with Crippen LogP contribution >= 0.6 is 43.9 Å². The molecule has 0 aromatic heterocycles. The van der Waals surface area contributed by atoms with Crippen LogP contribution in [0.2, 0.25) is 0 Å². The summed E-state index contributed by atoms with van der Waals surface area (Å²) in [5.41, 5.74) is 1.75. The van der Waals surface area contributed by atoms with Gasteiger partial charge in [-0.05, 0) is 24.9 Å². The van der Waals surface area contributed by atoms with E-state index in [0.717, 1.165) is 15.2 Å². The first-order chi connectivity index (χ1) is 13.3. The van der Waals surface area contributed by atoms with E-state index in [1.165, 1.54) is 37.7 Å². The first kappa shape index (κ1) is 26.3. The molecule has 154 valence electrons. The van der Waals surface area contributed by atoms with Gasteiger partial charge in [-0.1, -0.05) is 56.5 Å². The van der Waals surface area contributed by atoms with E-state index < -0.39 is 14.7 Å². The van der Waals surface area contributed by atoms with Crippen LogP contribution in [0.5, 0.6) is 0 Å². The van der Waals surface area contributed by atoms with Gasteiger partial charge in [-0.3, -0.25) is 0 Å². The molecule has 1 saturated carbocycles. The third-order valence-electron chi connectivity index (χ3n) is 4.64. The molecule has 0 spiro atoms. The Hall–Kier alpha value is 0.283. The summed E-state index contributed by atoms with van der Waals surface area (Å²) in [6, 6.07) is 11.0. The topological polar surface area (TPSA) is 18.5 Å². The Bertz CT molecular complexity index is 565. The number of nitrogens with one attached hydrogen (secondary N) is 1. The van der Waals surface area contributed by atoms with Gasteiger partial charge in [0.1, 0.15) is 0 Å². The van der Waals surface area contributed by atoms with Gasteiger partial charge in [-0.15, -0.1) is 0 Å². The van der Waals surface area contributed by atoms with Crippen molar-refractivity contribution < 1.29 is 14.7 Å². The van der Waals surface area contributed by atoms with Crippen molar-refractivity contribution in [2.24, 2.45) is 0 Å². The molecule has 0 amide bonds. The van der Waals surface area contributed by atoms with E-state index >= 15 is 0 Å². The molecule has 2 rings (SSSR count). The van der Waals surface area contributed by atoms with Crippen LogP contribution in [0.1, 0.15) is 44.6 Å². The van der Waals surface area contributed by atoms with Gasteiger partial charge in [0.25, 0.3) is 0 Å². The SMILES string of the molecule is CCNC1(c2ccccc2)CCCCC1.CN(C)C(=S)[S][Zn][S]C(=S)N(C)C. The minimum atomic E-state index is -0.716. The molecule has 0 radical (unpaired) electrons. The Morgan fingerprint density at radius 3 is 1.89 bits per heavy atom. The molecule has 1 fully saturated rings. The molecule has 8 heteroatoms. The standard InChI is InChI=1S/C14H21N.2C3H7NS2.Zn/c1-2-15-14(11-7-4-8-12-14)13-9-5-3-6-10-13;2*1-4(2)3(5)6;/h3,5-6,9-10,15H,2,4,7-8,11-12H2,1H3;2*1-2H3,(H,5,6);/q;;;+2/p-2. The molecular formula is C20H33N3S4Zn. The van der Waals surface area contributed by atoms with Gasteiger partial charge in [0.2, 0.25) is 0 Å². The fourth-order valence-corrected chi connectivity index (χ4v) is 17.4. The van der Waals surface area contributed by atoms with Crippen molar-refractivity contribution in [3.05, 3.63) is 35.9 Å². The summed E-state index contributed by atoms with van der Waals surface area (Å²) in [4.78, 5) is 3.95. The molecule has 0 atom stereocenters. The molecule has 3 nitrogen and oxygen atoms in total. The molecular weight excluding hydrogens is 476 g/mol. The van der Waals surface area contributed by atoms with Crippen molar-refractivity contribution in [3.8, 4) is 0 Å². The Kier molecular flexibility index (Phi) is 13.5. The number of benzene rings is 1. The van der Waals surface area contributed by atoms with Gasteiger partial charge in [-0.2, -0.15) is 0 Å². The van der Waals surface area contributed by atoms with Gasteiger partial charge >= 0.3 is 105 Å². The van der Waals surface area contributed by atoms with Crippen molar-refractivity contribution in [3.63, 3.8) is 0 Å². The molecule has 0 aliphatic heterocycles. The number of rotatable bonds is 5. The second-order valence-corrected chi connectivity index (χ2v) is 18.9. The summed E-state index contributed by atoms with van der Waals surface area (Å²) in [5, 5.41) is 3.71. The van der Waals surface area contributed by atoms with Gasteiger partial charge in [0, 0.05) is 5.54 Å². The Morgan fingerprint density at radius 1 is 0.964 bits per heavy atom. The molecule has 1 aromatic rings. The average molecular weight is 509 g/mol. The van der Waals surface area contributed by atoms with E-state index in [1.807, 2.05) is 57.5 Å². The fourth-order valence-electron chi connectivity index (χ4n) is 3.21. The third kappa shape index (κ3) is 9.40. The number of hydrogen-bond acceptors (Lipinski definition) is 5. The van der Waals surface area contributed by atoms with Crippen molar-refractivity contribution >= 4 is 52.6 Å². The molecule has 1 aliphatic carbocycles. The van der Waals surface area contributed by atoms with E-state index in [9.17, 15) is 0 Å². The zero-order valence-electron chi connectivity index (χ0n) is 17.9. The van der Waals surface area contributed by atoms with E-state index in [1.54, 1.807) is 0 Å². The van der Waals surface area contributed by atoms with Gasteiger partial charge in [0.15, 0.2) is 0 Å². The molecule has 1 N–H and O–H groups in total. The number of thiocarbonyl (C=S) groups is 2. The molecule has 1 aromatic carbocycles. The molecule has 1 aliphatic rings. The van der Waals surface area contributed by atoms with E-state index in [2.05, 4.69) is 42.6 Å². The van der Waals surface area contributed by atoms with Gasteiger partial charge < -0.3 is 5.32 Å². The predicted molar refractivity (Wildman–Crippen MR) is 133 cm³/mol. The minimum absolute atomic E-state index is 0.272. The van der Waals surface area contributed by atoms with Crippen LogP contribution in [0.25, 0.3) is 0 Å². The van der Waals surface area contributed by atoms with Crippen LogP contribution in [-0.4, -0.2) is 53.2 Å². The van der Waals surface area contributed by atoms with E-state index in [-0.39, 0.29) is 5.54 Å². The molecule has 0 heterocycles. The predicted octanol–water partition coefficient (Wildman–Crippen LogP) is 5.51. The van der Waals surface area contributed by atoms with Crippen molar-refractivity contribution in [1.82, 2.24) is 15.1 Å². The molecule has 0 saturated heterocycles. The summed E-state index contributed by atoms with van der Waals surface area (Å²) in [7, 11) is 11.6. The quantitative estimate of drug-likeness (QED) is 0.412. The van der Waals surface area contributed by atoms with Crippen LogP contribution < -0.4 is 5.32 Å². The van der Waals surface area contributed by atoms with Crippen molar-refractivity contribution in [2.45, 2.75) is 44.6 Å². The van der Waals surface area contributed by atoms with Crippen molar-refractivity contribution in [1.29, 1.82) is 0 Å². The third-order valence-corrected chi connectivity index (χ3v) is 18.8. The summed E-state index contributed by atoms with van der Waals surface area (Å²) in [6.45, 7) is 3.27. The monoisotopic (exact) mass is 507 g/mol. The summed E-state index contributed by atoms with van der Waals surface area (Å²) in [6.07, 6.45) is 6.72. The maximum atomic E-state index is 5.16. The number of hydrogen-bond donors (Lipinski definition) is 1. The fraction of sp³-hybridized carbons (Fsp3) is 0.600. The Morgan fingerprint density at radius 2 is 1.46 bits per heavy atom. The van der Waals surface area contributed by atoms with Crippen LogP contribution in [0.4, 0.5) is 0 Å². The van der Waals surface area contributed by atoms with Crippen LogP contribution in [-0.2, 0) is 20.2 Å². The maximum absolute atomic E-state index is 5.16. The zero-order chi connectivity index (χ0) is 21.0. The van der Waals surface area contributed by atoms with Crippen LogP contribution in [0.15, 0.2) is 30.3 Å². The van der Waals surface area contributed by atoms with Gasteiger partial charge in [0.05, 0.1) is 0 Å². The molecule has 28 heavy (non-hydrogen) atoms. The van der Waals surface area contributed by atoms with E-state index in [0.29, 0.717) is 0 Å². The molecule has 0 bridgehead atoms. The first-order valence-corrected chi connectivity index (χ1v) is 19.9. The zero-order valence-corrected chi connectivity index (χ0v) is 24.1. The van der Waals surface area contributed by atoms with Crippen molar-refractivity contribution in [2.75, 3.05) is 34.7 Å². The second kappa shape index (κ2) is 14.3. The normalized spacial score (nSPS) is 14.9. The van der Waals surface area contributed by atoms with Crippen LogP contribution in [0.3, 0.4) is 0 Å². The van der Waals surface area contributed by atoms with Crippen LogP contribution in [0, 0.1) is 0 Å². The Balaban J connectivity index is 0.000000284. The summed E-state index contributed by atoms with van der Waals surface area (Å²) >= 11 is 9.61. The number of nitrogens with zero attached hydrogens (tertiary/aromatic N) is 2. The average Bonchev–Trinajstić information content (AvgIpc) is 2.69. The summed E-state index contributed by atoms with van der Waals surface area (Å²) in [5.74, 6) is 0. The first-order valence-electron chi connectivity index (χ1n) is 9.81. The van der Waals surface area contributed by atoms with E-state index in [4.69, 9.17) is 24.4 Å². The Labute approximate surface area is 196 Å².